The van der Waals surface area contributed by atoms with Crippen LogP contribution in [0.15, 0.2) is 0 Å². The van der Waals surface area contributed by atoms with E-state index in [0.29, 0.717) is 0 Å². The van der Waals surface area contributed by atoms with E-state index in [1.807, 2.05) is 0 Å². The first-order chi connectivity index (χ1) is 6.16. The van der Waals surface area contributed by atoms with E-state index in [4.69, 9.17) is 9.47 Å². The Labute approximate surface area is 77.4 Å². The predicted molar refractivity (Wildman–Crippen MR) is 45.0 cm³/mol. The molecule has 0 aromatic carbocycles. The molecule has 0 saturated carbocycles. The van der Waals surface area contributed by atoms with E-state index in [9.17, 15) is 4.79 Å². The summed E-state index contributed by atoms with van der Waals surface area (Å²) >= 11 is 0. The summed E-state index contributed by atoms with van der Waals surface area (Å²) in [4.78, 5) is 11.4. The zero-order valence-electron chi connectivity index (χ0n) is 7.95. The summed E-state index contributed by atoms with van der Waals surface area (Å²) in [6.45, 7) is 4.32. The molecule has 13 heavy (non-hydrogen) atoms. The quantitative estimate of drug-likeness (QED) is 0.570. The summed E-state index contributed by atoms with van der Waals surface area (Å²) in [6, 6.07) is 0. The number of hydrogen-bond donors (Lipinski definition) is 0. The second-order valence-corrected chi connectivity index (χ2v) is 4.65. The number of fused-ring (bicyclic) bond motifs is 1. The van der Waals surface area contributed by atoms with Crippen molar-refractivity contribution in [2.45, 2.75) is 45.0 Å². The molecule has 0 aliphatic carbocycles. The van der Waals surface area contributed by atoms with Crippen LogP contribution in [-0.4, -0.2) is 24.3 Å². The van der Waals surface area contributed by atoms with Gasteiger partial charge in [-0.3, -0.25) is 4.79 Å². The lowest BCUT2D eigenvalue weighted by Gasteiger charge is -2.32. The van der Waals surface area contributed by atoms with Crippen LogP contribution in [0.5, 0.6) is 0 Å². The zero-order valence-corrected chi connectivity index (χ0v) is 7.95. The van der Waals surface area contributed by atoms with Crippen molar-refractivity contribution in [3.05, 3.63) is 0 Å². The molecule has 5 atom stereocenters. The number of hydrogen-bond acceptors (Lipinski definition) is 3. The molecule has 0 N–H and O–H groups in total. The average molecular weight is 182 g/mol. The second kappa shape index (κ2) is 2.08. The molecule has 0 spiro atoms. The van der Waals surface area contributed by atoms with Crippen molar-refractivity contribution in [1.29, 1.82) is 0 Å². The molecule has 3 saturated heterocycles. The minimum atomic E-state index is -0.0327. The Balaban J connectivity index is 2.03. The average Bonchev–Trinajstić information content (AvgIpc) is 2.70. The van der Waals surface area contributed by atoms with Crippen LogP contribution >= 0.6 is 0 Å². The molecule has 2 bridgehead atoms. The van der Waals surface area contributed by atoms with Crippen molar-refractivity contribution in [2.75, 3.05) is 0 Å². The van der Waals surface area contributed by atoms with E-state index in [1.165, 1.54) is 0 Å². The molecule has 3 nitrogen and oxygen atoms in total. The molecule has 3 fully saturated rings. The maximum Gasteiger partial charge on any atom is 0.312 e. The van der Waals surface area contributed by atoms with E-state index in [2.05, 4.69) is 13.8 Å². The fraction of sp³-hybridized carbons (Fsp3) is 0.900. The number of rotatable bonds is 1. The van der Waals surface area contributed by atoms with Gasteiger partial charge >= 0.3 is 5.97 Å². The van der Waals surface area contributed by atoms with Crippen molar-refractivity contribution < 1.29 is 14.3 Å². The lowest BCUT2D eigenvalue weighted by molar-refractivity contribution is -0.146. The van der Waals surface area contributed by atoms with Gasteiger partial charge in [0.1, 0.15) is 12.2 Å². The highest BCUT2D eigenvalue weighted by Gasteiger charge is 2.67. The van der Waals surface area contributed by atoms with Crippen molar-refractivity contribution in [3.63, 3.8) is 0 Å². The first-order valence-corrected chi connectivity index (χ1v) is 5.03. The topological polar surface area (TPSA) is 35.5 Å². The fourth-order valence-corrected chi connectivity index (χ4v) is 3.04. The number of ether oxygens (including phenoxy) is 2. The van der Waals surface area contributed by atoms with Gasteiger partial charge in [-0.2, -0.15) is 0 Å². The van der Waals surface area contributed by atoms with Crippen LogP contribution in [0.3, 0.4) is 0 Å². The summed E-state index contributed by atoms with van der Waals surface area (Å²) in [5.74, 6) is 0.0179. The van der Waals surface area contributed by atoms with Gasteiger partial charge in [0.2, 0.25) is 0 Å². The van der Waals surface area contributed by atoms with Crippen LogP contribution in [0, 0.1) is 11.3 Å². The Morgan fingerprint density at radius 2 is 2.38 bits per heavy atom. The monoisotopic (exact) mass is 182 g/mol. The van der Waals surface area contributed by atoms with Crippen LogP contribution in [0.25, 0.3) is 0 Å². The van der Waals surface area contributed by atoms with Gasteiger partial charge < -0.3 is 9.47 Å². The minimum Gasteiger partial charge on any atom is -0.459 e. The van der Waals surface area contributed by atoms with E-state index >= 15 is 0 Å². The Hall–Kier alpha value is -0.570. The number of carbonyl (C=O) groups is 1. The van der Waals surface area contributed by atoms with Crippen molar-refractivity contribution >= 4 is 5.97 Å². The largest absolute Gasteiger partial charge is 0.459 e. The number of carbonyl (C=O) groups excluding carboxylic acids is 1. The Morgan fingerprint density at radius 3 is 3.08 bits per heavy atom. The summed E-state index contributed by atoms with van der Waals surface area (Å²) in [7, 11) is 0. The lowest BCUT2D eigenvalue weighted by atomic mass is 9.70. The van der Waals surface area contributed by atoms with Gasteiger partial charge in [-0.25, -0.2) is 0 Å². The van der Waals surface area contributed by atoms with Crippen molar-refractivity contribution in [1.82, 2.24) is 0 Å². The molecule has 3 heteroatoms. The van der Waals surface area contributed by atoms with Crippen molar-refractivity contribution in [3.8, 4) is 0 Å². The van der Waals surface area contributed by atoms with Gasteiger partial charge in [0, 0.05) is 5.41 Å². The standard InChI is InChI=1S/C10H14O3/c1-3-10(2)6-4-5-7(12-6)8(10)13-9(5)11/h5-8H,3-4H2,1-2H3. The van der Waals surface area contributed by atoms with Gasteiger partial charge in [0.05, 0.1) is 12.0 Å². The molecule has 3 rings (SSSR count). The summed E-state index contributed by atoms with van der Waals surface area (Å²) < 4.78 is 11.2. The van der Waals surface area contributed by atoms with E-state index in [1.54, 1.807) is 0 Å². The molecular weight excluding hydrogens is 168 g/mol. The van der Waals surface area contributed by atoms with Gasteiger partial charge in [-0.15, -0.1) is 0 Å². The van der Waals surface area contributed by atoms with Crippen LogP contribution in [0.2, 0.25) is 0 Å². The summed E-state index contributed by atoms with van der Waals surface area (Å²) in [5, 5.41) is 0. The Bertz CT molecular complexity index is 275. The fourth-order valence-electron chi connectivity index (χ4n) is 3.04. The minimum absolute atomic E-state index is 0.0327. The van der Waals surface area contributed by atoms with Gasteiger partial charge in [0.15, 0.2) is 0 Å². The molecule has 3 aliphatic heterocycles. The normalized spacial score (nSPS) is 57.2. The van der Waals surface area contributed by atoms with Gasteiger partial charge in [-0.05, 0) is 12.8 Å². The molecule has 0 aromatic heterocycles. The van der Waals surface area contributed by atoms with Crippen LogP contribution < -0.4 is 0 Å². The van der Waals surface area contributed by atoms with Crippen LogP contribution in [0.4, 0.5) is 0 Å². The second-order valence-electron chi connectivity index (χ2n) is 4.65. The molecule has 3 aliphatic rings. The molecule has 0 aromatic rings. The summed E-state index contributed by atoms with van der Waals surface area (Å²) in [6.07, 6.45) is 2.27. The van der Waals surface area contributed by atoms with E-state index in [0.717, 1.165) is 12.8 Å². The molecule has 72 valence electrons. The molecular formula is C10H14O3. The summed E-state index contributed by atoms with van der Waals surface area (Å²) in [5.41, 5.74) is 0.0767. The first kappa shape index (κ1) is 7.80. The van der Waals surface area contributed by atoms with Crippen LogP contribution in [-0.2, 0) is 14.3 Å². The third-order valence-electron chi connectivity index (χ3n) is 4.18. The highest BCUT2D eigenvalue weighted by molar-refractivity contribution is 5.77. The van der Waals surface area contributed by atoms with Gasteiger partial charge in [0.25, 0.3) is 0 Å². The van der Waals surface area contributed by atoms with E-state index < -0.39 is 0 Å². The molecule has 5 unspecified atom stereocenters. The number of esters is 1. The Kier molecular flexibility index (Phi) is 1.25. The maximum atomic E-state index is 11.4. The lowest BCUT2D eigenvalue weighted by Crippen LogP contribution is -2.41. The smallest absolute Gasteiger partial charge is 0.312 e. The highest BCUT2D eigenvalue weighted by atomic mass is 16.6. The third-order valence-corrected chi connectivity index (χ3v) is 4.18. The molecule has 0 radical (unpaired) electrons. The zero-order chi connectivity index (χ0) is 9.22. The maximum absolute atomic E-state index is 11.4. The van der Waals surface area contributed by atoms with E-state index in [-0.39, 0.29) is 35.6 Å². The highest BCUT2D eigenvalue weighted by Crippen LogP contribution is 2.57. The van der Waals surface area contributed by atoms with Crippen molar-refractivity contribution in [2.24, 2.45) is 11.3 Å². The van der Waals surface area contributed by atoms with Crippen LogP contribution in [0.1, 0.15) is 26.7 Å². The van der Waals surface area contributed by atoms with Gasteiger partial charge in [-0.1, -0.05) is 13.8 Å². The SMILES string of the molecule is CCC1(C)C2CC3C(=O)OC1C3O2. The predicted octanol–water partition coefficient (Wildman–Crippen LogP) is 1.12. The molecule has 3 heterocycles. The first-order valence-electron chi connectivity index (χ1n) is 5.03. The third kappa shape index (κ3) is 0.688. The molecule has 0 amide bonds. The Morgan fingerprint density at radius 1 is 1.62 bits per heavy atom.